The van der Waals surface area contributed by atoms with Crippen LogP contribution in [0.1, 0.15) is 44.1 Å². The molecule has 2 aliphatic rings. The Morgan fingerprint density at radius 2 is 2.17 bits per heavy atom. The number of guanidine groups is 1. The van der Waals surface area contributed by atoms with Gasteiger partial charge < -0.3 is 16.0 Å². The topological polar surface area (TPSA) is 65.5 Å². The molecule has 5 nitrogen and oxygen atoms in total. The summed E-state index contributed by atoms with van der Waals surface area (Å²) in [6.45, 7) is 2.95. The molecule has 132 valence electrons. The summed E-state index contributed by atoms with van der Waals surface area (Å²) < 4.78 is 0. The smallest absolute Gasteiger partial charge is 0.225 e. The monoisotopic (exact) mass is 442 g/mol. The predicted molar refractivity (Wildman–Crippen MR) is 109 cm³/mol. The number of rotatable bonds is 5. The SMILES string of the molecule is CCCC1CC1NC(=NC)NCC1CC(=O)Nc2ccccc21.I. The molecule has 0 aromatic heterocycles. The Morgan fingerprint density at radius 3 is 2.92 bits per heavy atom. The predicted octanol–water partition coefficient (Wildman–Crippen LogP) is 3.08. The number of hydrogen-bond acceptors (Lipinski definition) is 2. The first-order valence-corrected chi connectivity index (χ1v) is 8.57. The second kappa shape index (κ2) is 8.69. The standard InChI is InChI=1S/C18H26N4O.HI/c1-3-6-12-9-16(12)22-18(19-2)20-11-13-10-17(23)21-15-8-5-4-7-14(13)15;/h4-5,7-8,12-13,16H,3,6,9-11H2,1-2H3,(H,21,23)(H2,19,20,22);1H. The highest BCUT2D eigenvalue weighted by Gasteiger charge is 2.36. The second-order valence-electron chi connectivity index (χ2n) is 6.52. The molecule has 1 aliphatic heterocycles. The largest absolute Gasteiger partial charge is 0.356 e. The number of hydrogen-bond donors (Lipinski definition) is 3. The van der Waals surface area contributed by atoms with Gasteiger partial charge >= 0.3 is 0 Å². The van der Waals surface area contributed by atoms with Gasteiger partial charge in [0.15, 0.2) is 5.96 Å². The lowest BCUT2D eigenvalue weighted by atomic mass is 9.90. The number of nitrogens with one attached hydrogen (secondary N) is 3. The summed E-state index contributed by atoms with van der Waals surface area (Å²) in [5, 5.41) is 9.82. The van der Waals surface area contributed by atoms with Crippen LogP contribution in [0.15, 0.2) is 29.3 Å². The Balaban J connectivity index is 0.00000208. The van der Waals surface area contributed by atoms with Crippen molar-refractivity contribution in [3.05, 3.63) is 29.8 Å². The average molecular weight is 442 g/mol. The summed E-state index contributed by atoms with van der Waals surface area (Å²) in [7, 11) is 1.80. The van der Waals surface area contributed by atoms with E-state index in [2.05, 4.69) is 33.9 Å². The zero-order valence-corrected chi connectivity index (χ0v) is 16.7. The minimum absolute atomic E-state index is 0. The zero-order chi connectivity index (χ0) is 16.2. The summed E-state index contributed by atoms with van der Waals surface area (Å²) in [6, 6.07) is 8.59. The van der Waals surface area contributed by atoms with Gasteiger partial charge in [0.25, 0.3) is 0 Å². The van der Waals surface area contributed by atoms with E-state index in [0.717, 1.165) is 24.1 Å². The fraction of sp³-hybridized carbons (Fsp3) is 0.556. The maximum Gasteiger partial charge on any atom is 0.225 e. The zero-order valence-electron chi connectivity index (χ0n) is 14.3. The van der Waals surface area contributed by atoms with Crippen molar-refractivity contribution >= 4 is 41.5 Å². The van der Waals surface area contributed by atoms with Crippen LogP contribution in [-0.4, -0.2) is 31.5 Å². The highest BCUT2D eigenvalue weighted by Crippen LogP contribution is 2.34. The van der Waals surface area contributed by atoms with Crippen molar-refractivity contribution in [2.75, 3.05) is 18.9 Å². The molecule has 3 atom stereocenters. The van der Waals surface area contributed by atoms with Gasteiger partial charge in [0.2, 0.25) is 5.91 Å². The van der Waals surface area contributed by atoms with Crippen LogP contribution in [0.4, 0.5) is 5.69 Å². The van der Waals surface area contributed by atoms with Crippen molar-refractivity contribution in [3.63, 3.8) is 0 Å². The van der Waals surface area contributed by atoms with Gasteiger partial charge in [-0.15, -0.1) is 24.0 Å². The summed E-state index contributed by atoms with van der Waals surface area (Å²) in [4.78, 5) is 16.2. The van der Waals surface area contributed by atoms with E-state index in [0.29, 0.717) is 12.5 Å². The van der Waals surface area contributed by atoms with Gasteiger partial charge in [-0.2, -0.15) is 0 Å². The van der Waals surface area contributed by atoms with Crippen molar-refractivity contribution in [2.24, 2.45) is 10.9 Å². The molecular weight excluding hydrogens is 415 g/mol. The van der Waals surface area contributed by atoms with Crippen LogP contribution in [0.3, 0.4) is 0 Å². The number of fused-ring (bicyclic) bond motifs is 1. The van der Waals surface area contributed by atoms with Crippen LogP contribution < -0.4 is 16.0 Å². The Labute approximate surface area is 161 Å². The average Bonchev–Trinajstić information content (AvgIpc) is 3.29. The first kappa shape index (κ1) is 19.0. The Morgan fingerprint density at radius 1 is 1.38 bits per heavy atom. The fourth-order valence-electron chi connectivity index (χ4n) is 3.39. The van der Waals surface area contributed by atoms with E-state index in [-0.39, 0.29) is 35.8 Å². The first-order valence-electron chi connectivity index (χ1n) is 8.57. The van der Waals surface area contributed by atoms with Crippen LogP contribution in [0.5, 0.6) is 0 Å². The molecule has 1 aliphatic carbocycles. The maximum atomic E-state index is 11.9. The summed E-state index contributed by atoms with van der Waals surface area (Å²) >= 11 is 0. The van der Waals surface area contributed by atoms with E-state index in [9.17, 15) is 4.79 Å². The molecule has 0 radical (unpaired) electrons. The molecular formula is C18H27IN4O. The number of aliphatic imine (C=N–C) groups is 1. The summed E-state index contributed by atoms with van der Waals surface area (Å²) in [5.41, 5.74) is 2.13. The fourth-order valence-corrected chi connectivity index (χ4v) is 3.39. The number of amides is 1. The molecule has 1 heterocycles. The van der Waals surface area contributed by atoms with Crippen LogP contribution >= 0.6 is 24.0 Å². The maximum absolute atomic E-state index is 11.9. The van der Waals surface area contributed by atoms with Crippen molar-refractivity contribution in [2.45, 2.75) is 44.6 Å². The molecule has 1 aromatic carbocycles. The molecule has 3 rings (SSSR count). The Hall–Kier alpha value is -1.31. The third-order valence-corrected chi connectivity index (χ3v) is 4.75. The van der Waals surface area contributed by atoms with Gasteiger partial charge in [0.05, 0.1) is 0 Å². The van der Waals surface area contributed by atoms with Gasteiger partial charge in [-0.05, 0) is 30.4 Å². The van der Waals surface area contributed by atoms with E-state index >= 15 is 0 Å². The lowest BCUT2D eigenvalue weighted by Gasteiger charge is -2.26. The number of halogens is 1. The van der Waals surface area contributed by atoms with E-state index in [4.69, 9.17) is 0 Å². The van der Waals surface area contributed by atoms with Gasteiger partial charge in [-0.3, -0.25) is 9.79 Å². The third kappa shape index (κ3) is 4.62. The molecule has 6 heteroatoms. The lowest BCUT2D eigenvalue weighted by molar-refractivity contribution is -0.116. The quantitative estimate of drug-likeness (QED) is 0.373. The molecule has 1 amide bonds. The van der Waals surface area contributed by atoms with Crippen LogP contribution in [0.2, 0.25) is 0 Å². The number of carbonyl (C=O) groups excluding carboxylic acids is 1. The first-order chi connectivity index (χ1) is 11.2. The number of para-hydroxylation sites is 1. The minimum atomic E-state index is 0. The number of benzene rings is 1. The normalized spacial score (nSPS) is 25.2. The van der Waals surface area contributed by atoms with Crippen LogP contribution in [-0.2, 0) is 4.79 Å². The van der Waals surface area contributed by atoms with Crippen LogP contribution in [0, 0.1) is 5.92 Å². The molecule has 3 N–H and O–H groups in total. The van der Waals surface area contributed by atoms with Crippen molar-refractivity contribution in [1.82, 2.24) is 10.6 Å². The molecule has 1 aromatic rings. The molecule has 1 fully saturated rings. The Bertz CT molecular complexity index is 604. The second-order valence-corrected chi connectivity index (χ2v) is 6.52. The highest BCUT2D eigenvalue weighted by molar-refractivity contribution is 14.0. The molecule has 0 saturated heterocycles. The minimum Gasteiger partial charge on any atom is -0.356 e. The van der Waals surface area contributed by atoms with Crippen molar-refractivity contribution in [3.8, 4) is 0 Å². The van der Waals surface area contributed by atoms with Gasteiger partial charge in [-0.25, -0.2) is 0 Å². The third-order valence-electron chi connectivity index (χ3n) is 4.75. The van der Waals surface area contributed by atoms with Gasteiger partial charge in [0, 0.05) is 37.7 Å². The Kier molecular flexibility index (Phi) is 6.89. The molecule has 1 saturated carbocycles. The van der Waals surface area contributed by atoms with Crippen LogP contribution in [0.25, 0.3) is 0 Å². The molecule has 0 bridgehead atoms. The molecule has 24 heavy (non-hydrogen) atoms. The van der Waals surface area contributed by atoms with E-state index in [1.165, 1.54) is 24.8 Å². The van der Waals surface area contributed by atoms with E-state index < -0.39 is 0 Å². The van der Waals surface area contributed by atoms with Crippen molar-refractivity contribution < 1.29 is 4.79 Å². The summed E-state index contributed by atoms with van der Waals surface area (Å²) in [6.07, 6.45) is 4.28. The van der Waals surface area contributed by atoms with Gasteiger partial charge in [0.1, 0.15) is 0 Å². The number of carbonyl (C=O) groups is 1. The molecule has 0 spiro atoms. The lowest BCUT2D eigenvalue weighted by Crippen LogP contribution is -2.42. The van der Waals surface area contributed by atoms with Gasteiger partial charge in [-0.1, -0.05) is 31.5 Å². The van der Waals surface area contributed by atoms with E-state index in [1.54, 1.807) is 7.05 Å². The van der Waals surface area contributed by atoms with E-state index in [1.807, 2.05) is 18.2 Å². The molecule has 3 unspecified atom stereocenters. The number of anilines is 1. The highest BCUT2D eigenvalue weighted by atomic mass is 127. The number of nitrogens with zero attached hydrogens (tertiary/aromatic N) is 1. The van der Waals surface area contributed by atoms with Crippen molar-refractivity contribution in [1.29, 1.82) is 0 Å². The summed E-state index contributed by atoms with van der Waals surface area (Å²) in [5.74, 6) is 1.91.